The topological polar surface area (TPSA) is 34.2 Å². The Morgan fingerprint density at radius 1 is 0.952 bits per heavy atom. The van der Waals surface area contributed by atoms with E-state index >= 15 is 0 Å². The minimum Gasteiger partial charge on any atom is -0.373 e. The van der Waals surface area contributed by atoms with E-state index in [4.69, 9.17) is 4.74 Å². The summed E-state index contributed by atoms with van der Waals surface area (Å²) in [6.45, 7) is 1.15. The zero-order valence-electron chi connectivity index (χ0n) is 12.0. The molecule has 0 radical (unpaired) electrons. The highest BCUT2D eigenvalue weighted by molar-refractivity contribution is 5.81. The normalized spacial score (nSPS) is 10.7. The Kier molecular flexibility index (Phi) is 4.12. The summed E-state index contributed by atoms with van der Waals surface area (Å²) in [5, 5.41) is 4.28. The maximum Gasteiger partial charge on any atom is 0.131 e. The molecular weight excluding hydrogens is 260 g/mol. The van der Waals surface area contributed by atoms with Crippen LogP contribution in [0.4, 0.5) is 5.82 Å². The van der Waals surface area contributed by atoms with Crippen LogP contribution in [-0.2, 0) is 18.0 Å². The number of rotatable bonds is 5. The van der Waals surface area contributed by atoms with Crippen molar-refractivity contribution in [3.05, 3.63) is 71.8 Å². The monoisotopic (exact) mass is 278 g/mol. The van der Waals surface area contributed by atoms with E-state index in [-0.39, 0.29) is 0 Å². The molecule has 2 aromatic carbocycles. The van der Waals surface area contributed by atoms with E-state index in [1.165, 1.54) is 5.56 Å². The first-order valence-corrected chi connectivity index (χ1v) is 7.05. The van der Waals surface area contributed by atoms with Crippen molar-refractivity contribution in [3.8, 4) is 0 Å². The summed E-state index contributed by atoms with van der Waals surface area (Å²) in [5.74, 6) is 0.877. The molecule has 0 aliphatic carbocycles. The van der Waals surface area contributed by atoms with Crippen LogP contribution in [0.2, 0.25) is 0 Å². The van der Waals surface area contributed by atoms with E-state index in [1.54, 1.807) is 0 Å². The largest absolute Gasteiger partial charge is 0.373 e. The van der Waals surface area contributed by atoms with Crippen molar-refractivity contribution < 1.29 is 4.74 Å². The summed E-state index contributed by atoms with van der Waals surface area (Å²) < 4.78 is 5.82. The van der Waals surface area contributed by atoms with Crippen molar-refractivity contribution in [3.63, 3.8) is 0 Å². The van der Waals surface area contributed by atoms with Gasteiger partial charge >= 0.3 is 0 Å². The number of nitrogens with zero attached hydrogens (tertiary/aromatic N) is 1. The maximum absolute atomic E-state index is 5.82. The molecule has 0 aliphatic heterocycles. The van der Waals surface area contributed by atoms with Gasteiger partial charge in [0.2, 0.25) is 0 Å². The van der Waals surface area contributed by atoms with Gasteiger partial charge in [0.1, 0.15) is 5.82 Å². The molecule has 3 heteroatoms. The predicted octanol–water partition coefficient (Wildman–Crippen LogP) is 3.99. The summed E-state index contributed by atoms with van der Waals surface area (Å²) in [4.78, 5) is 4.63. The van der Waals surface area contributed by atoms with Crippen molar-refractivity contribution >= 4 is 16.7 Å². The Morgan fingerprint density at radius 2 is 1.71 bits per heavy atom. The van der Waals surface area contributed by atoms with Gasteiger partial charge in [-0.15, -0.1) is 0 Å². The Balaban J connectivity index is 1.76. The van der Waals surface area contributed by atoms with Crippen LogP contribution < -0.4 is 5.32 Å². The van der Waals surface area contributed by atoms with Gasteiger partial charge in [-0.25, -0.2) is 4.98 Å². The van der Waals surface area contributed by atoms with E-state index in [0.717, 1.165) is 22.3 Å². The molecule has 3 nitrogen and oxygen atoms in total. The summed E-state index contributed by atoms with van der Waals surface area (Å²) in [5.41, 5.74) is 3.25. The molecule has 0 saturated heterocycles. The summed E-state index contributed by atoms with van der Waals surface area (Å²) in [6, 6.07) is 20.4. The lowest BCUT2D eigenvalue weighted by Crippen LogP contribution is -2.02. The van der Waals surface area contributed by atoms with Crippen molar-refractivity contribution in [2.45, 2.75) is 13.2 Å². The molecule has 0 aliphatic rings. The van der Waals surface area contributed by atoms with Crippen molar-refractivity contribution in [2.24, 2.45) is 0 Å². The molecule has 3 rings (SSSR count). The summed E-state index contributed by atoms with van der Waals surface area (Å²) in [6.07, 6.45) is 0. The number of aromatic nitrogens is 1. The molecule has 0 fully saturated rings. The number of nitrogens with one attached hydrogen (secondary N) is 1. The van der Waals surface area contributed by atoms with Crippen LogP contribution in [0.1, 0.15) is 11.1 Å². The first-order chi connectivity index (χ1) is 10.4. The van der Waals surface area contributed by atoms with E-state index in [9.17, 15) is 0 Å². The molecule has 0 bridgehead atoms. The predicted molar refractivity (Wildman–Crippen MR) is 86.2 cm³/mol. The number of hydrogen-bond acceptors (Lipinski definition) is 3. The Labute approximate surface area is 124 Å². The lowest BCUT2D eigenvalue weighted by molar-refractivity contribution is 0.107. The number of fused-ring (bicyclic) bond motifs is 1. The van der Waals surface area contributed by atoms with Crippen LogP contribution >= 0.6 is 0 Å². The number of benzene rings is 2. The Hall–Kier alpha value is -2.39. The second kappa shape index (κ2) is 6.37. The number of ether oxygens (including phenoxy) is 1. The molecule has 0 spiro atoms. The van der Waals surface area contributed by atoms with Gasteiger partial charge in [-0.05, 0) is 17.7 Å². The lowest BCUT2D eigenvalue weighted by Gasteiger charge is -2.11. The van der Waals surface area contributed by atoms with E-state index in [1.807, 2.05) is 43.4 Å². The van der Waals surface area contributed by atoms with Gasteiger partial charge in [-0.3, -0.25) is 0 Å². The fourth-order valence-electron chi connectivity index (χ4n) is 2.34. The smallest absolute Gasteiger partial charge is 0.131 e. The Morgan fingerprint density at radius 3 is 2.52 bits per heavy atom. The van der Waals surface area contributed by atoms with Gasteiger partial charge in [-0.2, -0.15) is 0 Å². The molecule has 106 valence electrons. The quantitative estimate of drug-likeness (QED) is 0.766. The standard InChI is InChI=1S/C18H18N2O/c1-19-18-16(11-15-9-5-6-10-17(15)20-18)13-21-12-14-7-3-2-4-8-14/h2-11H,12-13H2,1H3,(H,19,20). The number of pyridine rings is 1. The number of para-hydroxylation sites is 1. The second-order valence-corrected chi connectivity index (χ2v) is 4.92. The fraction of sp³-hybridized carbons (Fsp3) is 0.167. The first kappa shape index (κ1) is 13.6. The Bertz CT molecular complexity index is 726. The second-order valence-electron chi connectivity index (χ2n) is 4.92. The molecule has 1 N–H and O–H groups in total. The molecule has 0 saturated carbocycles. The van der Waals surface area contributed by atoms with Gasteiger partial charge in [-0.1, -0.05) is 48.5 Å². The summed E-state index contributed by atoms with van der Waals surface area (Å²) in [7, 11) is 1.89. The first-order valence-electron chi connectivity index (χ1n) is 7.05. The third-order valence-corrected chi connectivity index (χ3v) is 3.41. The highest BCUT2D eigenvalue weighted by Gasteiger charge is 2.06. The minimum absolute atomic E-state index is 0.545. The van der Waals surface area contributed by atoms with Gasteiger partial charge in [0.15, 0.2) is 0 Å². The molecule has 1 aromatic heterocycles. The third-order valence-electron chi connectivity index (χ3n) is 3.41. The van der Waals surface area contributed by atoms with Gasteiger partial charge in [0, 0.05) is 18.0 Å². The molecule has 1 heterocycles. The van der Waals surface area contributed by atoms with Gasteiger partial charge in [0.25, 0.3) is 0 Å². The van der Waals surface area contributed by atoms with Crippen LogP contribution in [0.3, 0.4) is 0 Å². The maximum atomic E-state index is 5.82. The number of hydrogen-bond donors (Lipinski definition) is 1. The molecule has 0 unspecified atom stereocenters. The average molecular weight is 278 g/mol. The van der Waals surface area contributed by atoms with Gasteiger partial charge in [0.05, 0.1) is 18.7 Å². The minimum atomic E-state index is 0.545. The van der Waals surface area contributed by atoms with Crippen molar-refractivity contribution in [1.82, 2.24) is 4.98 Å². The fourth-order valence-corrected chi connectivity index (χ4v) is 2.34. The SMILES string of the molecule is CNc1nc2ccccc2cc1COCc1ccccc1. The molecule has 0 amide bonds. The van der Waals surface area contributed by atoms with Crippen molar-refractivity contribution in [1.29, 1.82) is 0 Å². The number of anilines is 1. The van der Waals surface area contributed by atoms with E-state index < -0.39 is 0 Å². The molecule has 3 aromatic rings. The van der Waals surface area contributed by atoms with E-state index in [2.05, 4.69) is 34.6 Å². The molecular formula is C18H18N2O. The van der Waals surface area contributed by atoms with Crippen LogP contribution in [-0.4, -0.2) is 12.0 Å². The highest BCUT2D eigenvalue weighted by atomic mass is 16.5. The summed E-state index contributed by atoms with van der Waals surface area (Å²) >= 11 is 0. The van der Waals surface area contributed by atoms with Crippen LogP contribution in [0, 0.1) is 0 Å². The lowest BCUT2D eigenvalue weighted by atomic mass is 10.1. The van der Waals surface area contributed by atoms with Crippen molar-refractivity contribution in [2.75, 3.05) is 12.4 Å². The van der Waals surface area contributed by atoms with Crippen LogP contribution in [0.5, 0.6) is 0 Å². The zero-order valence-corrected chi connectivity index (χ0v) is 12.0. The average Bonchev–Trinajstić information content (AvgIpc) is 2.55. The van der Waals surface area contributed by atoms with Crippen LogP contribution in [0.15, 0.2) is 60.7 Å². The molecule has 21 heavy (non-hydrogen) atoms. The molecule has 0 atom stereocenters. The highest BCUT2D eigenvalue weighted by Crippen LogP contribution is 2.21. The van der Waals surface area contributed by atoms with Crippen LogP contribution in [0.25, 0.3) is 10.9 Å². The zero-order chi connectivity index (χ0) is 14.5. The third kappa shape index (κ3) is 3.20. The van der Waals surface area contributed by atoms with E-state index in [0.29, 0.717) is 13.2 Å². The van der Waals surface area contributed by atoms with Gasteiger partial charge < -0.3 is 10.1 Å².